The van der Waals surface area contributed by atoms with Crippen molar-refractivity contribution < 1.29 is 4.74 Å². The van der Waals surface area contributed by atoms with Gasteiger partial charge < -0.3 is 10.1 Å². The number of thioether (sulfide) groups is 1. The van der Waals surface area contributed by atoms with Gasteiger partial charge in [-0.15, -0.1) is 0 Å². The Bertz CT molecular complexity index is 393. The third-order valence-electron chi connectivity index (χ3n) is 3.42. The van der Waals surface area contributed by atoms with Crippen LogP contribution in [0.15, 0.2) is 18.2 Å². The largest absolute Gasteiger partial charge is 0.496 e. The van der Waals surface area contributed by atoms with Gasteiger partial charge in [-0.2, -0.15) is 11.8 Å². The van der Waals surface area contributed by atoms with Gasteiger partial charge in [0.25, 0.3) is 0 Å². The summed E-state index contributed by atoms with van der Waals surface area (Å²) in [7, 11) is 3.73. The lowest BCUT2D eigenvalue weighted by molar-refractivity contribution is 0.397. The molecule has 1 aliphatic heterocycles. The first-order valence-corrected chi connectivity index (χ1v) is 7.81. The normalized spacial score (nSPS) is 21.6. The first-order valence-electron chi connectivity index (χ1n) is 6.38. The molecule has 2 atom stereocenters. The maximum absolute atomic E-state index is 6.12. The summed E-state index contributed by atoms with van der Waals surface area (Å²) in [6.45, 7) is 0. The highest BCUT2D eigenvalue weighted by Gasteiger charge is 2.26. The summed E-state index contributed by atoms with van der Waals surface area (Å²) in [5, 5.41) is 4.81. The average Bonchev–Trinajstić information content (AvgIpc) is 2.41. The molecule has 1 aliphatic rings. The third-order valence-corrected chi connectivity index (χ3v) is 5.12. The van der Waals surface area contributed by atoms with Gasteiger partial charge in [-0.05, 0) is 43.8 Å². The molecule has 1 N–H and O–H groups in total. The van der Waals surface area contributed by atoms with Crippen LogP contribution in [0, 0.1) is 0 Å². The Morgan fingerprint density at radius 3 is 2.89 bits per heavy atom. The van der Waals surface area contributed by atoms with E-state index >= 15 is 0 Å². The van der Waals surface area contributed by atoms with E-state index in [4.69, 9.17) is 16.3 Å². The summed E-state index contributed by atoms with van der Waals surface area (Å²) in [6, 6.07) is 6.17. The van der Waals surface area contributed by atoms with Crippen molar-refractivity contribution >= 4 is 23.4 Å². The van der Waals surface area contributed by atoms with Crippen LogP contribution in [-0.2, 0) is 0 Å². The van der Waals surface area contributed by atoms with Crippen molar-refractivity contribution in [2.75, 3.05) is 19.9 Å². The van der Waals surface area contributed by atoms with Crippen molar-refractivity contribution in [1.82, 2.24) is 5.32 Å². The maximum atomic E-state index is 6.12. The van der Waals surface area contributed by atoms with Crippen molar-refractivity contribution in [2.45, 2.75) is 30.6 Å². The molecule has 1 heterocycles. The van der Waals surface area contributed by atoms with Gasteiger partial charge in [0, 0.05) is 21.9 Å². The number of halogens is 1. The van der Waals surface area contributed by atoms with E-state index in [1.807, 2.05) is 25.2 Å². The molecule has 1 saturated heterocycles. The molecule has 2 unspecified atom stereocenters. The number of hydrogen-bond acceptors (Lipinski definition) is 3. The van der Waals surface area contributed by atoms with E-state index in [2.05, 4.69) is 17.1 Å². The molecule has 0 bridgehead atoms. The number of rotatable bonds is 4. The van der Waals surface area contributed by atoms with E-state index in [1.165, 1.54) is 30.6 Å². The molecule has 0 radical (unpaired) electrons. The zero-order valence-electron chi connectivity index (χ0n) is 10.9. The van der Waals surface area contributed by atoms with E-state index in [0.717, 1.165) is 10.8 Å². The molecule has 0 saturated carbocycles. The Balaban J connectivity index is 2.27. The maximum Gasteiger partial charge on any atom is 0.123 e. The van der Waals surface area contributed by atoms with Crippen molar-refractivity contribution in [3.63, 3.8) is 0 Å². The van der Waals surface area contributed by atoms with Crippen molar-refractivity contribution in [2.24, 2.45) is 0 Å². The second kappa shape index (κ2) is 6.69. The lowest BCUT2D eigenvalue weighted by Crippen LogP contribution is -2.29. The Morgan fingerprint density at radius 2 is 2.28 bits per heavy atom. The number of nitrogens with one attached hydrogen (secondary N) is 1. The van der Waals surface area contributed by atoms with E-state index in [1.54, 1.807) is 7.11 Å². The summed E-state index contributed by atoms with van der Waals surface area (Å²) in [5.74, 6) is 2.18. The molecular formula is C14H20ClNOS. The molecule has 0 aromatic heterocycles. The highest BCUT2D eigenvalue weighted by molar-refractivity contribution is 8.00. The fraction of sp³-hybridized carbons (Fsp3) is 0.571. The third kappa shape index (κ3) is 3.14. The number of hydrogen-bond donors (Lipinski definition) is 1. The monoisotopic (exact) mass is 285 g/mol. The second-order valence-corrected chi connectivity index (χ2v) is 6.34. The summed E-state index contributed by atoms with van der Waals surface area (Å²) in [4.78, 5) is 0. The minimum Gasteiger partial charge on any atom is -0.496 e. The topological polar surface area (TPSA) is 21.3 Å². The van der Waals surface area contributed by atoms with Gasteiger partial charge in [0.1, 0.15) is 5.75 Å². The Kier molecular flexibility index (Phi) is 5.22. The molecular weight excluding hydrogens is 266 g/mol. The molecule has 1 aromatic carbocycles. The molecule has 100 valence electrons. The predicted molar refractivity (Wildman–Crippen MR) is 79.9 cm³/mol. The molecule has 2 nitrogen and oxygen atoms in total. The number of methoxy groups -OCH3 is 1. The van der Waals surface area contributed by atoms with Crippen LogP contribution in [0.25, 0.3) is 0 Å². The molecule has 0 spiro atoms. The first kappa shape index (κ1) is 14.0. The van der Waals surface area contributed by atoms with Crippen LogP contribution in [0.1, 0.15) is 30.9 Å². The quantitative estimate of drug-likeness (QED) is 0.907. The lowest BCUT2D eigenvalue weighted by Gasteiger charge is -2.30. The van der Waals surface area contributed by atoms with Gasteiger partial charge in [-0.1, -0.05) is 18.0 Å². The molecule has 18 heavy (non-hydrogen) atoms. The fourth-order valence-electron chi connectivity index (χ4n) is 2.52. The van der Waals surface area contributed by atoms with E-state index < -0.39 is 0 Å². The molecule has 4 heteroatoms. The molecule has 0 amide bonds. The average molecular weight is 286 g/mol. The van der Waals surface area contributed by atoms with Crippen molar-refractivity contribution in [3.05, 3.63) is 28.8 Å². The summed E-state index contributed by atoms with van der Waals surface area (Å²) in [5.41, 5.74) is 1.17. The van der Waals surface area contributed by atoms with Crippen molar-refractivity contribution in [3.8, 4) is 5.75 Å². The van der Waals surface area contributed by atoms with Gasteiger partial charge in [-0.3, -0.25) is 0 Å². The lowest BCUT2D eigenvalue weighted by atomic mass is 9.98. The minimum absolute atomic E-state index is 0.309. The number of ether oxygens (including phenoxy) is 1. The number of benzene rings is 1. The van der Waals surface area contributed by atoms with Gasteiger partial charge in [0.05, 0.1) is 7.11 Å². The minimum atomic E-state index is 0.309. The van der Waals surface area contributed by atoms with Gasteiger partial charge in [0.15, 0.2) is 0 Å². The van der Waals surface area contributed by atoms with Crippen LogP contribution in [0.4, 0.5) is 0 Å². The fourth-order valence-corrected chi connectivity index (χ4v) is 4.18. The van der Waals surface area contributed by atoms with E-state index in [9.17, 15) is 0 Å². The highest BCUT2D eigenvalue weighted by atomic mass is 35.5. The standard InChI is InChI=1S/C14H20ClNOS/c1-16-14(13-5-3-4-8-18-13)11-9-10(15)6-7-12(11)17-2/h6-7,9,13-14,16H,3-5,8H2,1-2H3. The smallest absolute Gasteiger partial charge is 0.123 e. The highest BCUT2D eigenvalue weighted by Crippen LogP contribution is 2.38. The van der Waals surface area contributed by atoms with Crippen molar-refractivity contribution in [1.29, 1.82) is 0 Å². The van der Waals surface area contributed by atoms with Crippen LogP contribution < -0.4 is 10.1 Å². The molecule has 2 rings (SSSR count). The molecule has 0 aliphatic carbocycles. The van der Waals surface area contributed by atoms with Gasteiger partial charge in [0.2, 0.25) is 0 Å². The summed E-state index contributed by atoms with van der Waals surface area (Å²) >= 11 is 8.18. The second-order valence-electron chi connectivity index (χ2n) is 4.56. The summed E-state index contributed by atoms with van der Waals surface area (Å²) in [6.07, 6.45) is 3.91. The zero-order valence-corrected chi connectivity index (χ0v) is 12.5. The van der Waals surface area contributed by atoms with E-state index in [-0.39, 0.29) is 0 Å². The molecule has 1 fully saturated rings. The van der Waals surface area contributed by atoms with Crippen LogP contribution in [0.5, 0.6) is 5.75 Å². The van der Waals surface area contributed by atoms with Crippen LogP contribution in [0.3, 0.4) is 0 Å². The van der Waals surface area contributed by atoms with Gasteiger partial charge in [-0.25, -0.2) is 0 Å². The van der Waals surface area contributed by atoms with Crippen LogP contribution in [0.2, 0.25) is 5.02 Å². The predicted octanol–water partition coefficient (Wildman–Crippen LogP) is 3.89. The Labute approximate surface area is 118 Å². The molecule has 1 aromatic rings. The van der Waals surface area contributed by atoms with Crippen LogP contribution in [-0.4, -0.2) is 25.2 Å². The van der Waals surface area contributed by atoms with Crippen LogP contribution >= 0.6 is 23.4 Å². The van der Waals surface area contributed by atoms with Gasteiger partial charge >= 0.3 is 0 Å². The summed E-state index contributed by atoms with van der Waals surface area (Å²) < 4.78 is 5.47. The zero-order chi connectivity index (χ0) is 13.0. The Morgan fingerprint density at radius 1 is 1.44 bits per heavy atom. The van der Waals surface area contributed by atoms with E-state index in [0.29, 0.717) is 11.3 Å². The Hall–Kier alpha value is -0.380. The first-order chi connectivity index (χ1) is 8.76. The SMILES string of the molecule is CNC(c1cc(Cl)ccc1OC)C1CCCCS1.